The molecule has 0 aromatic carbocycles. The molecule has 0 fully saturated rings. The van der Waals surface area contributed by atoms with E-state index < -0.39 is 0 Å². The molecule has 9 heavy (non-hydrogen) atoms. The van der Waals surface area contributed by atoms with Crippen molar-refractivity contribution in [3.05, 3.63) is 22.6 Å². The van der Waals surface area contributed by atoms with Gasteiger partial charge < -0.3 is 10.8 Å². The Morgan fingerprint density at radius 3 is 2.67 bits per heavy atom. The molecule has 0 spiro atoms. The molecule has 0 aliphatic heterocycles. The predicted molar refractivity (Wildman–Crippen MR) is 37.0 cm³/mol. The smallest absolute Gasteiger partial charge is 0.0947 e. The molecule has 0 saturated carbocycles. The van der Waals surface area contributed by atoms with Crippen molar-refractivity contribution >= 4 is 11.6 Å². The largest absolute Gasteiger partial charge is 0.512 e. The molecule has 0 unspecified atom stereocenters. The summed E-state index contributed by atoms with van der Waals surface area (Å²) in [7, 11) is 0. The Kier molecular flexibility index (Phi) is 1.67. The third kappa shape index (κ3) is 1.39. The van der Waals surface area contributed by atoms with Gasteiger partial charge in [0.1, 0.15) is 0 Å². The normalized spacial score (nSPS) is 19.9. The van der Waals surface area contributed by atoms with Crippen LogP contribution in [0, 0.1) is 0 Å². The summed E-state index contributed by atoms with van der Waals surface area (Å²) in [5, 5.41) is 9.53. The van der Waals surface area contributed by atoms with Crippen LogP contribution in [0.3, 0.4) is 0 Å². The van der Waals surface area contributed by atoms with E-state index in [9.17, 15) is 0 Å². The highest BCUT2D eigenvalue weighted by atomic mass is 35.5. The van der Waals surface area contributed by atoms with E-state index in [2.05, 4.69) is 0 Å². The van der Waals surface area contributed by atoms with Crippen molar-refractivity contribution in [2.45, 2.75) is 12.8 Å². The quantitative estimate of drug-likeness (QED) is 0.544. The summed E-state index contributed by atoms with van der Waals surface area (Å²) < 4.78 is 0. The Morgan fingerprint density at radius 1 is 1.56 bits per heavy atom. The summed E-state index contributed by atoms with van der Waals surface area (Å²) in [6.07, 6.45) is 2.76. The molecular weight excluding hydrogens is 138 g/mol. The maximum atomic E-state index is 8.89. The molecule has 3 heteroatoms. The van der Waals surface area contributed by atoms with Crippen LogP contribution in [0.5, 0.6) is 0 Å². The molecule has 0 saturated heterocycles. The molecule has 0 radical (unpaired) electrons. The SMILES string of the molecule is NC1=C(Cl)CCC(O)=C1. The molecule has 0 aromatic rings. The molecule has 0 atom stereocenters. The maximum absolute atomic E-state index is 8.89. The van der Waals surface area contributed by atoms with Crippen molar-refractivity contribution in [2.24, 2.45) is 5.73 Å². The standard InChI is InChI=1S/C6H8ClNO/c7-5-2-1-4(9)3-6(5)8/h3,9H,1-2,8H2. The minimum absolute atomic E-state index is 0.317. The molecule has 0 amide bonds. The van der Waals surface area contributed by atoms with E-state index in [1.807, 2.05) is 0 Å². The second-order valence-corrected chi connectivity index (χ2v) is 2.45. The third-order valence-electron chi connectivity index (χ3n) is 1.24. The minimum Gasteiger partial charge on any atom is -0.512 e. The van der Waals surface area contributed by atoms with Gasteiger partial charge in [0.25, 0.3) is 0 Å². The van der Waals surface area contributed by atoms with Gasteiger partial charge in [-0.2, -0.15) is 0 Å². The third-order valence-corrected chi connectivity index (χ3v) is 1.64. The molecule has 2 nitrogen and oxygen atoms in total. The lowest BCUT2D eigenvalue weighted by molar-refractivity contribution is 0.385. The van der Waals surface area contributed by atoms with E-state index in [1.165, 1.54) is 6.08 Å². The van der Waals surface area contributed by atoms with Gasteiger partial charge >= 0.3 is 0 Å². The molecule has 0 bridgehead atoms. The van der Waals surface area contributed by atoms with Crippen LogP contribution >= 0.6 is 11.6 Å². The van der Waals surface area contributed by atoms with Crippen molar-refractivity contribution in [1.82, 2.24) is 0 Å². The number of nitrogens with two attached hydrogens (primary N) is 1. The summed E-state index contributed by atoms with van der Waals surface area (Å²) in [6.45, 7) is 0. The Bertz CT molecular complexity index is 183. The van der Waals surface area contributed by atoms with Crippen LogP contribution in [-0.4, -0.2) is 5.11 Å². The maximum Gasteiger partial charge on any atom is 0.0947 e. The van der Waals surface area contributed by atoms with E-state index in [1.54, 1.807) is 0 Å². The van der Waals surface area contributed by atoms with E-state index in [0.717, 1.165) is 0 Å². The minimum atomic E-state index is 0.317. The van der Waals surface area contributed by atoms with Gasteiger partial charge in [-0.1, -0.05) is 11.6 Å². The van der Waals surface area contributed by atoms with Crippen LogP contribution in [0.2, 0.25) is 0 Å². The summed E-state index contributed by atoms with van der Waals surface area (Å²) in [6, 6.07) is 0. The van der Waals surface area contributed by atoms with Gasteiger partial charge in [0.2, 0.25) is 0 Å². The van der Waals surface area contributed by atoms with Crippen LogP contribution in [0.4, 0.5) is 0 Å². The van der Waals surface area contributed by atoms with Crippen LogP contribution < -0.4 is 5.73 Å². The van der Waals surface area contributed by atoms with Crippen molar-refractivity contribution in [1.29, 1.82) is 0 Å². The summed E-state index contributed by atoms with van der Waals surface area (Å²) in [4.78, 5) is 0. The molecule has 3 N–H and O–H groups in total. The predicted octanol–water partition coefficient (Wildman–Crippen LogP) is 1.63. The average Bonchev–Trinajstić information content (AvgIpc) is 1.80. The molecule has 1 aliphatic carbocycles. The zero-order valence-corrected chi connectivity index (χ0v) is 5.65. The van der Waals surface area contributed by atoms with Crippen molar-refractivity contribution in [3.8, 4) is 0 Å². The second kappa shape index (κ2) is 2.31. The number of hydrogen-bond donors (Lipinski definition) is 2. The highest BCUT2D eigenvalue weighted by Crippen LogP contribution is 2.21. The van der Waals surface area contributed by atoms with Gasteiger partial charge in [0.05, 0.1) is 5.76 Å². The molecule has 1 aliphatic rings. The van der Waals surface area contributed by atoms with Crippen molar-refractivity contribution in [3.63, 3.8) is 0 Å². The van der Waals surface area contributed by atoms with E-state index in [0.29, 0.717) is 29.3 Å². The molecule has 0 aromatic heterocycles. The Morgan fingerprint density at radius 2 is 2.22 bits per heavy atom. The second-order valence-electron chi connectivity index (χ2n) is 2.00. The zero-order valence-electron chi connectivity index (χ0n) is 4.89. The molecule has 1 rings (SSSR count). The first-order valence-corrected chi connectivity index (χ1v) is 3.11. The number of rotatable bonds is 0. The molecule has 50 valence electrons. The van der Waals surface area contributed by atoms with Crippen LogP contribution in [0.1, 0.15) is 12.8 Å². The van der Waals surface area contributed by atoms with Gasteiger partial charge in [0, 0.05) is 17.2 Å². The molecule has 0 heterocycles. The highest BCUT2D eigenvalue weighted by molar-refractivity contribution is 6.30. The zero-order chi connectivity index (χ0) is 6.85. The number of aliphatic hydroxyl groups is 1. The fraction of sp³-hybridized carbons (Fsp3) is 0.333. The van der Waals surface area contributed by atoms with Crippen LogP contribution in [0.25, 0.3) is 0 Å². The summed E-state index contributed by atoms with van der Waals surface area (Å²) in [5.41, 5.74) is 5.87. The van der Waals surface area contributed by atoms with Gasteiger partial charge in [0.15, 0.2) is 0 Å². The van der Waals surface area contributed by atoms with Crippen LogP contribution in [0.15, 0.2) is 22.6 Å². The number of halogens is 1. The number of aliphatic hydroxyl groups excluding tert-OH is 1. The summed E-state index contributed by atoms with van der Waals surface area (Å²) >= 11 is 5.63. The summed E-state index contributed by atoms with van der Waals surface area (Å²) in [5.74, 6) is 0.317. The lowest BCUT2D eigenvalue weighted by Crippen LogP contribution is -2.02. The lowest BCUT2D eigenvalue weighted by atomic mass is 10.1. The average molecular weight is 146 g/mol. The number of hydrogen-bond acceptors (Lipinski definition) is 2. The molecular formula is C6H8ClNO. The van der Waals surface area contributed by atoms with Crippen LogP contribution in [-0.2, 0) is 0 Å². The van der Waals surface area contributed by atoms with Crippen molar-refractivity contribution < 1.29 is 5.11 Å². The van der Waals surface area contributed by atoms with Gasteiger partial charge in [-0.05, 0) is 12.5 Å². The Balaban J connectivity index is 2.83. The van der Waals surface area contributed by atoms with E-state index in [4.69, 9.17) is 22.4 Å². The number of allylic oxidation sites excluding steroid dienone is 3. The fourth-order valence-corrected chi connectivity index (χ4v) is 0.861. The lowest BCUT2D eigenvalue weighted by Gasteiger charge is -2.07. The Labute approximate surface area is 58.6 Å². The first-order valence-electron chi connectivity index (χ1n) is 2.74. The van der Waals surface area contributed by atoms with Gasteiger partial charge in [-0.3, -0.25) is 0 Å². The Hall–Kier alpha value is -0.630. The topological polar surface area (TPSA) is 46.2 Å². The van der Waals surface area contributed by atoms with Crippen molar-refractivity contribution in [2.75, 3.05) is 0 Å². The fourth-order valence-electron chi connectivity index (χ4n) is 0.712. The first-order chi connectivity index (χ1) is 4.20. The highest BCUT2D eigenvalue weighted by Gasteiger charge is 2.06. The first kappa shape index (κ1) is 6.49. The van der Waals surface area contributed by atoms with Gasteiger partial charge in [-0.25, -0.2) is 0 Å². The van der Waals surface area contributed by atoms with E-state index >= 15 is 0 Å². The van der Waals surface area contributed by atoms with Gasteiger partial charge in [-0.15, -0.1) is 0 Å². The van der Waals surface area contributed by atoms with E-state index in [-0.39, 0.29) is 0 Å². The monoisotopic (exact) mass is 145 g/mol.